The second-order valence-electron chi connectivity index (χ2n) is 7.92. The van der Waals surface area contributed by atoms with Gasteiger partial charge in [-0.1, -0.05) is 44.2 Å². The van der Waals surface area contributed by atoms with E-state index in [4.69, 9.17) is 19.7 Å². The molecule has 9 nitrogen and oxygen atoms in total. The predicted octanol–water partition coefficient (Wildman–Crippen LogP) is 2.70. The van der Waals surface area contributed by atoms with Crippen LogP contribution in [-0.4, -0.2) is 63.0 Å². The highest BCUT2D eigenvalue weighted by molar-refractivity contribution is 5.73. The van der Waals surface area contributed by atoms with Gasteiger partial charge in [0, 0.05) is 25.1 Å². The lowest BCUT2D eigenvalue weighted by molar-refractivity contribution is -0.146. The topological polar surface area (TPSA) is 125 Å². The summed E-state index contributed by atoms with van der Waals surface area (Å²) in [6, 6.07) is 8.25. The van der Waals surface area contributed by atoms with Crippen LogP contribution < -0.4 is 0 Å². The first-order chi connectivity index (χ1) is 14.9. The number of hydrogen-bond acceptors (Lipinski definition) is 6. The van der Waals surface area contributed by atoms with Gasteiger partial charge in [-0.2, -0.15) is 0 Å². The summed E-state index contributed by atoms with van der Waals surface area (Å²) < 4.78 is 10.8. The molecule has 2 aliphatic heterocycles. The number of carboxylic acids is 1. The zero-order valence-electron chi connectivity index (χ0n) is 17.7. The molecule has 1 fully saturated rings. The fourth-order valence-corrected chi connectivity index (χ4v) is 3.78. The summed E-state index contributed by atoms with van der Waals surface area (Å²) in [7, 11) is 0. The van der Waals surface area contributed by atoms with E-state index in [0.29, 0.717) is 31.2 Å². The van der Waals surface area contributed by atoms with Crippen molar-refractivity contribution in [1.29, 1.82) is 0 Å². The number of carbonyl (C=O) groups excluding carboxylic acids is 1. The van der Waals surface area contributed by atoms with Crippen LogP contribution in [0.1, 0.15) is 49.4 Å². The number of fused-ring (bicyclic) bond motifs is 1. The molecular formula is C22H29N3O6. The Hall–Kier alpha value is -2.91. The van der Waals surface area contributed by atoms with Crippen LogP contribution in [0.5, 0.6) is 0 Å². The zero-order valence-corrected chi connectivity index (χ0v) is 17.7. The Bertz CT molecular complexity index is 863. The third kappa shape index (κ3) is 5.62. The summed E-state index contributed by atoms with van der Waals surface area (Å²) >= 11 is 0. The molecule has 2 aromatic rings. The maximum Gasteiger partial charge on any atom is 0.410 e. The number of nitrogens with one attached hydrogen (secondary N) is 1. The van der Waals surface area contributed by atoms with Gasteiger partial charge >= 0.3 is 12.1 Å². The molecule has 0 bridgehead atoms. The number of carboxylic acid groups (broad SMARTS) is 1. The predicted molar refractivity (Wildman–Crippen MR) is 111 cm³/mol. The lowest BCUT2D eigenvalue weighted by Gasteiger charge is -2.36. The van der Waals surface area contributed by atoms with E-state index in [2.05, 4.69) is 23.8 Å². The van der Waals surface area contributed by atoms with Crippen LogP contribution in [-0.2, 0) is 20.7 Å². The number of aliphatic hydroxyl groups is 1. The lowest BCUT2D eigenvalue weighted by Crippen LogP contribution is -2.43. The molecular weight excluding hydrogens is 402 g/mol. The van der Waals surface area contributed by atoms with Gasteiger partial charge in [0.1, 0.15) is 6.10 Å². The van der Waals surface area contributed by atoms with Crippen LogP contribution in [0.2, 0.25) is 0 Å². The second kappa shape index (κ2) is 10.4. The van der Waals surface area contributed by atoms with Crippen molar-refractivity contribution in [1.82, 2.24) is 14.9 Å². The molecule has 3 N–H and O–H groups in total. The molecule has 1 aromatic carbocycles. The number of aromatic amines is 1. The molecule has 0 unspecified atom stereocenters. The first kappa shape index (κ1) is 22.8. The Labute approximate surface area is 181 Å². The van der Waals surface area contributed by atoms with Crippen molar-refractivity contribution in [3.63, 3.8) is 0 Å². The van der Waals surface area contributed by atoms with Gasteiger partial charge in [-0.3, -0.25) is 4.90 Å². The van der Waals surface area contributed by atoms with Gasteiger partial charge in [0.25, 0.3) is 0 Å². The van der Waals surface area contributed by atoms with Crippen molar-refractivity contribution < 1.29 is 29.3 Å². The minimum atomic E-state index is -1.41. The molecule has 0 radical (unpaired) electrons. The Morgan fingerprint density at radius 3 is 2.65 bits per heavy atom. The maximum atomic E-state index is 12.4. The van der Waals surface area contributed by atoms with Crippen LogP contribution in [0, 0.1) is 5.92 Å². The normalized spacial score (nSPS) is 21.1. The molecule has 0 aliphatic carbocycles. The van der Waals surface area contributed by atoms with Crippen LogP contribution >= 0.6 is 0 Å². The highest BCUT2D eigenvalue weighted by atomic mass is 16.6. The average Bonchev–Trinajstić information content (AvgIpc) is 3.45. The molecule has 3 atom stereocenters. The number of hydrogen-bond donors (Lipinski definition) is 3. The number of amides is 1. The molecule has 1 aromatic heterocycles. The minimum Gasteiger partial charge on any atom is -0.479 e. The number of ether oxygens (including phenoxy) is 2. The Morgan fingerprint density at radius 1 is 1.29 bits per heavy atom. The van der Waals surface area contributed by atoms with E-state index < -0.39 is 12.1 Å². The molecule has 4 rings (SSSR count). The summed E-state index contributed by atoms with van der Waals surface area (Å²) in [5, 5.41) is 17.4. The summed E-state index contributed by atoms with van der Waals surface area (Å²) in [4.78, 5) is 32.0. The van der Waals surface area contributed by atoms with Crippen molar-refractivity contribution >= 4 is 12.1 Å². The highest BCUT2D eigenvalue weighted by Gasteiger charge is 2.36. The van der Waals surface area contributed by atoms with Crippen LogP contribution in [0.3, 0.4) is 0 Å². The second-order valence-corrected chi connectivity index (χ2v) is 7.92. The third-order valence-electron chi connectivity index (χ3n) is 5.34. The first-order valence-electron chi connectivity index (χ1n) is 10.4. The molecule has 31 heavy (non-hydrogen) atoms. The number of nitrogens with zero attached hydrogens (tertiary/aromatic N) is 2. The molecule has 168 valence electrons. The van der Waals surface area contributed by atoms with Gasteiger partial charge in [0.15, 0.2) is 6.10 Å². The van der Waals surface area contributed by atoms with E-state index in [0.717, 1.165) is 24.2 Å². The average molecular weight is 431 g/mol. The fourth-order valence-electron chi connectivity index (χ4n) is 3.78. The van der Waals surface area contributed by atoms with Gasteiger partial charge in [-0.05, 0) is 11.5 Å². The quantitative estimate of drug-likeness (QED) is 0.680. The standard InChI is InChI=1S/C14H21N3O3.C8H8O3/c1-9(2)13-12-11(15-8-16-12)3-5-17(13)14(18)20-10-4-6-19-7-10;9-7(8(10)11)6-4-2-1-3-5-6/h8-10,13H,3-7H2,1-2H3,(H,15,16);1-5,7,9H,(H,10,11)/t10-,13+;7-/m01/s1. The fraction of sp³-hybridized carbons (Fsp3) is 0.500. The molecule has 3 heterocycles. The van der Waals surface area contributed by atoms with Crippen LogP contribution in [0.4, 0.5) is 4.79 Å². The lowest BCUT2D eigenvalue weighted by atomic mass is 9.94. The molecule has 1 amide bonds. The summed E-state index contributed by atoms with van der Waals surface area (Å²) in [5.41, 5.74) is 2.52. The number of aliphatic carboxylic acids is 1. The number of carbonyl (C=O) groups is 2. The summed E-state index contributed by atoms with van der Waals surface area (Å²) in [5.74, 6) is -0.930. The number of rotatable bonds is 4. The Kier molecular flexibility index (Phi) is 7.64. The number of H-pyrrole nitrogens is 1. The van der Waals surface area contributed by atoms with Gasteiger partial charge in [0.2, 0.25) is 0 Å². The Morgan fingerprint density at radius 2 is 2.03 bits per heavy atom. The van der Waals surface area contributed by atoms with Crippen molar-refractivity contribution in [2.24, 2.45) is 5.92 Å². The number of aliphatic hydroxyl groups excluding tert-OH is 1. The van der Waals surface area contributed by atoms with E-state index in [1.165, 1.54) is 0 Å². The molecule has 9 heteroatoms. The minimum absolute atomic E-state index is 0.0141. The van der Waals surface area contributed by atoms with E-state index in [1.807, 2.05) is 4.90 Å². The van der Waals surface area contributed by atoms with E-state index in [9.17, 15) is 9.59 Å². The van der Waals surface area contributed by atoms with Gasteiger partial charge < -0.3 is 24.7 Å². The number of benzene rings is 1. The van der Waals surface area contributed by atoms with Crippen molar-refractivity contribution in [3.05, 3.63) is 53.6 Å². The molecule has 2 aliphatic rings. The van der Waals surface area contributed by atoms with E-state index >= 15 is 0 Å². The summed E-state index contributed by atoms with van der Waals surface area (Å²) in [6.07, 6.45) is 1.55. The largest absolute Gasteiger partial charge is 0.479 e. The number of aromatic nitrogens is 2. The zero-order chi connectivity index (χ0) is 22.4. The van der Waals surface area contributed by atoms with Crippen LogP contribution in [0.25, 0.3) is 0 Å². The highest BCUT2D eigenvalue weighted by Crippen LogP contribution is 2.34. The molecule has 0 spiro atoms. The maximum absolute atomic E-state index is 12.4. The first-order valence-corrected chi connectivity index (χ1v) is 10.4. The van der Waals surface area contributed by atoms with E-state index in [1.54, 1.807) is 36.7 Å². The van der Waals surface area contributed by atoms with Gasteiger partial charge in [-0.15, -0.1) is 0 Å². The van der Waals surface area contributed by atoms with Crippen molar-refractivity contribution in [2.45, 2.75) is 44.9 Å². The molecule has 1 saturated heterocycles. The van der Waals surface area contributed by atoms with E-state index in [-0.39, 0.29) is 18.2 Å². The van der Waals surface area contributed by atoms with Crippen LogP contribution in [0.15, 0.2) is 36.7 Å². The van der Waals surface area contributed by atoms with Crippen molar-refractivity contribution in [3.8, 4) is 0 Å². The smallest absolute Gasteiger partial charge is 0.410 e. The van der Waals surface area contributed by atoms with Gasteiger partial charge in [0.05, 0.1) is 31.3 Å². The number of imidazole rings is 1. The monoisotopic (exact) mass is 431 g/mol. The third-order valence-corrected chi connectivity index (χ3v) is 5.34. The molecule has 0 saturated carbocycles. The van der Waals surface area contributed by atoms with Gasteiger partial charge in [-0.25, -0.2) is 14.6 Å². The van der Waals surface area contributed by atoms with Crippen molar-refractivity contribution in [2.75, 3.05) is 19.8 Å². The SMILES string of the molecule is CC(C)[C@@H]1c2nc[nH]c2CCN1C(=O)O[C@H]1CCOC1.O=C(O)[C@H](O)c1ccccc1. The summed E-state index contributed by atoms with van der Waals surface area (Å²) in [6.45, 7) is 6.07. The Balaban J connectivity index is 0.000000210.